The Balaban J connectivity index is 1.51. The zero-order valence-electron chi connectivity index (χ0n) is 15.8. The van der Waals surface area contributed by atoms with Gasteiger partial charge in [0, 0.05) is 57.5 Å². The summed E-state index contributed by atoms with van der Waals surface area (Å²) in [7, 11) is 1.59. The number of rotatable bonds is 7. The van der Waals surface area contributed by atoms with Crippen LogP contribution in [0, 0.1) is 0 Å². The van der Waals surface area contributed by atoms with E-state index in [1.165, 1.54) is 12.4 Å². The number of nitrogens with zero attached hydrogens (tertiary/aromatic N) is 3. The molecule has 2 heterocycles. The molecule has 8 heteroatoms. The Morgan fingerprint density at radius 3 is 2.79 bits per heavy atom. The van der Waals surface area contributed by atoms with E-state index >= 15 is 0 Å². The number of aromatic nitrogens is 2. The second-order valence-corrected chi connectivity index (χ2v) is 6.48. The van der Waals surface area contributed by atoms with E-state index in [2.05, 4.69) is 15.3 Å². The van der Waals surface area contributed by atoms with Crippen molar-refractivity contribution in [2.45, 2.75) is 18.9 Å². The van der Waals surface area contributed by atoms with Crippen molar-refractivity contribution >= 4 is 11.8 Å². The molecular formula is C20H24N4O4. The van der Waals surface area contributed by atoms with E-state index in [4.69, 9.17) is 9.47 Å². The maximum absolute atomic E-state index is 12.4. The molecule has 1 saturated heterocycles. The van der Waals surface area contributed by atoms with E-state index in [9.17, 15) is 9.59 Å². The molecule has 148 valence electrons. The molecule has 3 rings (SSSR count). The van der Waals surface area contributed by atoms with Crippen LogP contribution in [-0.2, 0) is 4.74 Å². The summed E-state index contributed by atoms with van der Waals surface area (Å²) in [5.74, 6) is 0.381. The standard InChI is InChI=1S/C20H24N4O4/c1-27-12-9-23-19(25)15-3-2-4-17(13-15)28-16-5-10-24(11-6-16)20(26)18-14-21-7-8-22-18/h2-4,7-8,13-14,16H,5-6,9-12H2,1H3,(H,23,25). The van der Waals surface area contributed by atoms with Crippen molar-refractivity contribution in [2.24, 2.45) is 0 Å². The van der Waals surface area contributed by atoms with Crippen LogP contribution in [0.5, 0.6) is 5.75 Å². The minimum Gasteiger partial charge on any atom is -0.490 e. The maximum atomic E-state index is 12.4. The van der Waals surface area contributed by atoms with Gasteiger partial charge in [0.25, 0.3) is 11.8 Å². The highest BCUT2D eigenvalue weighted by molar-refractivity contribution is 5.94. The third-order valence-electron chi connectivity index (χ3n) is 4.50. The molecule has 1 aromatic carbocycles. The minimum absolute atomic E-state index is 0.00212. The van der Waals surface area contributed by atoms with Gasteiger partial charge in [0.1, 0.15) is 17.5 Å². The molecule has 1 aromatic heterocycles. The van der Waals surface area contributed by atoms with Crippen molar-refractivity contribution in [3.8, 4) is 5.75 Å². The van der Waals surface area contributed by atoms with E-state index in [1.807, 2.05) is 6.07 Å². The van der Waals surface area contributed by atoms with Crippen molar-refractivity contribution < 1.29 is 19.1 Å². The van der Waals surface area contributed by atoms with Crippen molar-refractivity contribution in [1.82, 2.24) is 20.2 Å². The van der Waals surface area contributed by atoms with E-state index < -0.39 is 0 Å². The second-order valence-electron chi connectivity index (χ2n) is 6.48. The molecule has 0 bridgehead atoms. The number of hydrogen-bond donors (Lipinski definition) is 1. The summed E-state index contributed by atoms with van der Waals surface area (Å²) < 4.78 is 11.0. The normalized spacial score (nSPS) is 14.5. The molecule has 2 aromatic rings. The highest BCUT2D eigenvalue weighted by Crippen LogP contribution is 2.21. The highest BCUT2D eigenvalue weighted by Gasteiger charge is 2.25. The first-order valence-corrected chi connectivity index (χ1v) is 9.26. The third kappa shape index (κ3) is 5.26. The van der Waals surface area contributed by atoms with Gasteiger partial charge in [-0.25, -0.2) is 4.98 Å². The molecule has 0 aliphatic carbocycles. The first-order chi connectivity index (χ1) is 13.7. The maximum Gasteiger partial charge on any atom is 0.274 e. The Labute approximate surface area is 163 Å². The van der Waals surface area contributed by atoms with E-state index in [-0.39, 0.29) is 17.9 Å². The smallest absolute Gasteiger partial charge is 0.274 e. The third-order valence-corrected chi connectivity index (χ3v) is 4.50. The van der Waals surface area contributed by atoms with Gasteiger partial charge < -0.3 is 19.7 Å². The Bertz CT molecular complexity index is 792. The number of carbonyl (C=O) groups is 2. The van der Waals surface area contributed by atoms with Gasteiger partial charge in [-0.3, -0.25) is 14.6 Å². The fourth-order valence-corrected chi connectivity index (χ4v) is 3.02. The molecule has 0 saturated carbocycles. The molecular weight excluding hydrogens is 360 g/mol. The Morgan fingerprint density at radius 1 is 1.25 bits per heavy atom. The lowest BCUT2D eigenvalue weighted by Gasteiger charge is -2.32. The first kappa shape index (κ1) is 19.8. The monoisotopic (exact) mass is 384 g/mol. The zero-order valence-corrected chi connectivity index (χ0v) is 15.8. The fourth-order valence-electron chi connectivity index (χ4n) is 3.02. The predicted octanol–water partition coefficient (Wildman–Crippen LogP) is 1.54. The van der Waals surface area contributed by atoms with Crippen molar-refractivity contribution in [3.05, 3.63) is 54.1 Å². The van der Waals surface area contributed by atoms with Gasteiger partial charge in [-0.2, -0.15) is 0 Å². The molecule has 1 aliphatic heterocycles. The average molecular weight is 384 g/mol. The Kier molecular flexibility index (Phi) is 6.91. The summed E-state index contributed by atoms with van der Waals surface area (Å²) in [6, 6.07) is 7.12. The summed E-state index contributed by atoms with van der Waals surface area (Å²) >= 11 is 0. The molecule has 0 spiro atoms. The van der Waals surface area contributed by atoms with Gasteiger partial charge in [0.15, 0.2) is 0 Å². The lowest BCUT2D eigenvalue weighted by atomic mass is 10.1. The summed E-state index contributed by atoms with van der Waals surface area (Å²) in [4.78, 5) is 34.3. The predicted molar refractivity (Wildman–Crippen MR) is 102 cm³/mol. The van der Waals surface area contributed by atoms with Gasteiger partial charge >= 0.3 is 0 Å². The topological polar surface area (TPSA) is 93.7 Å². The zero-order chi connectivity index (χ0) is 19.8. The van der Waals surface area contributed by atoms with Gasteiger partial charge in [0.2, 0.25) is 0 Å². The van der Waals surface area contributed by atoms with Crippen LogP contribution in [0.4, 0.5) is 0 Å². The summed E-state index contributed by atoms with van der Waals surface area (Å²) in [5, 5.41) is 2.79. The molecule has 2 amide bonds. The lowest BCUT2D eigenvalue weighted by Crippen LogP contribution is -2.42. The van der Waals surface area contributed by atoms with Crippen LogP contribution in [0.25, 0.3) is 0 Å². The molecule has 1 aliphatic rings. The van der Waals surface area contributed by atoms with Gasteiger partial charge in [-0.15, -0.1) is 0 Å². The van der Waals surface area contributed by atoms with Crippen LogP contribution in [0.1, 0.15) is 33.7 Å². The number of likely N-dealkylation sites (tertiary alicyclic amines) is 1. The molecule has 1 N–H and O–H groups in total. The van der Waals surface area contributed by atoms with Gasteiger partial charge in [-0.1, -0.05) is 6.07 Å². The molecule has 0 radical (unpaired) electrons. The number of ether oxygens (including phenoxy) is 2. The molecule has 0 atom stereocenters. The van der Waals surface area contributed by atoms with Crippen LogP contribution >= 0.6 is 0 Å². The average Bonchev–Trinajstić information content (AvgIpc) is 2.75. The first-order valence-electron chi connectivity index (χ1n) is 9.26. The molecule has 0 unspecified atom stereocenters. The van der Waals surface area contributed by atoms with Gasteiger partial charge in [-0.05, 0) is 18.2 Å². The SMILES string of the molecule is COCCNC(=O)c1cccc(OC2CCN(C(=O)c3cnccn3)CC2)c1. The van der Waals surface area contributed by atoms with Crippen molar-refractivity contribution in [3.63, 3.8) is 0 Å². The molecule has 28 heavy (non-hydrogen) atoms. The van der Waals surface area contributed by atoms with Crippen molar-refractivity contribution in [1.29, 1.82) is 0 Å². The summed E-state index contributed by atoms with van der Waals surface area (Å²) in [6.45, 7) is 2.11. The Hall–Kier alpha value is -3.00. The number of piperidine rings is 1. The van der Waals surface area contributed by atoms with Crippen LogP contribution in [0.2, 0.25) is 0 Å². The number of nitrogens with one attached hydrogen (secondary N) is 1. The van der Waals surface area contributed by atoms with Crippen LogP contribution in [0.15, 0.2) is 42.9 Å². The van der Waals surface area contributed by atoms with E-state index in [1.54, 1.807) is 36.4 Å². The van der Waals surface area contributed by atoms with Gasteiger partial charge in [0.05, 0.1) is 12.8 Å². The number of benzene rings is 1. The Morgan fingerprint density at radius 2 is 2.07 bits per heavy atom. The van der Waals surface area contributed by atoms with E-state index in [0.717, 1.165) is 12.8 Å². The molecule has 8 nitrogen and oxygen atoms in total. The lowest BCUT2D eigenvalue weighted by molar-refractivity contribution is 0.0589. The van der Waals surface area contributed by atoms with Crippen LogP contribution < -0.4 is 10.1 Å². The molecule has 1 fully saturated rings. The fraction of sp³-hybridized carbons (Fsp3) is 0.400. The number of methoxy groups -OCH3 is 1. The summed E-state index contributed by atoms with van der Waals surface area (Å²) in [6.07, 6.45) is 5.98. The number of carbonyl (C=O) groups excluding carboxylic acids is 2. The summed E-state index contributed by atoms with van der Waals surface area (Å²) in [5.41, 5.74) is 0.901. The largest absolute Gasteiger partial charge is 0.490 e. The number of hydrogen-bond acceptors (Lipinski definition) is 6. The van der Waals surface area contributed by atoms with Crippen LogP contribution in [-0.4, -0.2) is 66.1 Å². The quantitative estimate of drug-likeness (QED) is 0.728. The second kappa shape index (κ2) is 9.80. The minimum atomic E-state index is -0.160. The van der Waals surface area contributed by atoms with E-state index in [0.29, 0.717) is 43.2 Å². The number of amides is 2. The van der Waals surface area contributed by atoms with Crippen LogP contribution in [0.3, 0.4) is 0 Å². The highest BCUT2D eigenvalue weighted by atomic mass is 16.5. The van der Waals surface area contributed by atoms with Crippen molar-refractivity contribution in [2.75, 3.05) is 33.4 Å².